The Morgan fingerprint density at radius 3 is 2.32 bits per heavy atom. The predicted octanol–water partition coefficient (Wildman–Crippen LogP) is 5.35. The molecule has 0 atom stereocenters. The van der Waals surface area contributed by atoms with Gasteiger partial charge < -0.3 is 0 Å². The number of unbranched alkanes of at least 4 members (excludes halogenated alkanes) is 4. The molecule has 19 heavy (non-hydrogen) atoms. The molecule has 0 fully saturated rings. The molecule has 2 heteroatoms. The predicted molar refractivity (Wildman–Crippen MR) is 86.1 cm³/mol. The maximum atomic E-state index is 12.4. The summed E-state index contributed by atoms with van der Waals surface area (Å²) in [6, 6.07) is 9.62. The summed E-state index contributed by atoms with van der Waals surface area (Å²) in [5.41, 5.74) is 0.825. The Bertz CT molecular complexity index is 370. The van der Waals surface area contributed by atoms with E-state index in [0.717, 1.165) is 11.3 Å². The number of hydrogen-bond donors (Lipinski definition) is 0. The topological polar surface area (TPSA) is 17.1 Å². The fraction of sp³-hybridized carbons (Fsp3) is 0.588. The van der Waals surface area contributed by atoms with Crippen molar-refractivity contribution in [3.63, 3.8) is 0 Å². The largest absolute Gasteiger partial charge is 0.293 e. The zero-order valence-electron chi connectivity index (χ0n) is 12.4. The van der Waals surface area contributed by atoms with E-state index in [9.17, 15) is 4.79 Å². The van der Waals surface area contributed by atoms with Crippen molar-refractivity contribution in [1.29, 1.82) is 0 Å². The van der Waals surface area contributed by atoms with Crippen molar-refractivity contribution < 1.29 is 4.79 Å². The van der Waals surface area contributed by atoms with Gasteiger partial charge >= 0.3 is 0 Å². The molecular formula is C17H26OS. The molecule has 0 heterocycles. The second-order valence-corrected chi connectivity index (χ2v) is 7.19. The van der Waals surface area contributed by atoms with Crippen molar-refractivity contribution in [2.45, 2.75) is 57.6 Å². The molecule has 0 amide bonds. The average molecular weight is 278 g/mol. The highest BCUT2D eigenvalue weighted by Crippen LogP contribution is 2.29. The van der Waals surface area contributed by atoms with Crippen LogP contribution in [-0.4, -0.2) is 16.3 Å². The standard InChI is InChI=1S/C17H26OS/c1-4-5-6-7-11-14-19-17(2,3)16(18)15-12-9-8-10-13-15/h8-10,12-13H,4-7,11,14H2,1-3H3. The van der Waals surface area contributed by atoms with Crippen LogP contribution in [0.15, 0.2) is 30.3 Å². The van der Waals surface area contributed by atoms with Crippen LogP contribution in [0, 0.1) is 0 Å². The number of thioether (sulfide) groups is 1. The molecule has 0 N–H and O–H groups in total. The van der Waals surface area contributed by atoms with Crippen molar-refractivity contribution in [3.8, 4) is 0 Å². The van der Waals surface area contributed by atoms with Gasteiger partial charge in [-0.2, -0.15) is 0 Å². The van der Waals surface area contributed by atoms with Gasteiger partial charge in [0.05, 0.1) is 4.75 Å². The van der Waals surface area contributed by atoms with E-state index in [1.165, 1.54) is 32.1 Å². The highest BCUT2D eigenvalue weighted by molar-refractivity contribution is 8.01. The summed E-state index contributed by atoms with van der Waals surface area (Å²) in [6.07, 6.45) is 6.44. The summed E-state index contributed by atoms with van der Waals surface area (Å²) in [5.74, 6) is 1.32. The minimum atomic E-state index is -0.313. The molecule has 1 aromatic rings. The molecule has 1 nitrogen and oxygen atoms in total. The molecule has 0 saturated carbocycles. The lowest BCUT2D eigenvalue weighted by atomic mass is 10.0. The van der Waals surface area contributed by atoms with Gasteiger partial charge in [0.2, 0.25) is 0 Å². The lowest BCUT2D eigenvalue weighted by molar-refractivity contribution is 0.0958. The number of carbonyl (C=O) groups excluding carboxylic acids is 1. The van der Waals surface area contributed by atoms with Gasteiger partial charge in [-0.05, 0) is 26.0 Å². The van der Waals surface area contributed by atoms with Crippen LogP contribution in [0.1, 0.15) is 63.2 Å². The van der Waals surface area contributed by atoms with Crippen molar-refractivity contribution >= 4 is 17.5 Å². The average Bonchev–Trinajstić information content (AvgIpc) is 2.43. The molecule has 0 bridgehead atoms. The van der Waals surface area contributed by atoms with Crippen LogP contribution in [0.25, 0.3) is 0 Å². The van der Waals surface area contributed by atoms with Crippen LogP contribution in [0.5, 0.6) is 0 Å². The Morgan fingerprint density at radius 2 is 1.68 bits per heavy atom. The molecule has 0 radical (unpaired) electrons. The molecule has 0 spiro atoms. The fourth-order valence-corrected chi connectivity index (χ4v) is 3.14. The second kappa shape index (κ2) is 8.42. The molecule has 1 aromatic carbocycles. The highest BCUT2D eigenvalue weighted by atomic mass is 32.2. The van der Waals surface area contributed by atoms with Crippen molar-refractivity contribution in [1.82, 2.24) is 0 Å². The van der Waals surface area contributed by atoms with Gasteiger partial charge in [0.15, 0.2) is 5.78 Å². The summed E-state index contributed by atoms with van der Waals surface area (Å²) in [7, 11) is 0. The van der Waals surface area contributed by atoms with Gasteiger partial charge in [0.25, 0.3) is 0 Å². The third-order valence-corrected chi connectivity index (χ3v) is 4.69. The summed E-state index contributed by atoms with van der Waals surface area (Å²) in [5, 5.41) is 0. The van der Waals surface area contributed by atoms with Crippen LogP contribution in [0.3, 0.4) is 0 Å². The first-order valence-electron chi connectivity index (χ1n) is 7.31. The van der Waals surface area contributed by atoms with E-state index in [0.29, 0.717) is 0 Å². The molecule has 0 aliphatic heterocycles. The minimum Gasteiger partial charge on any atom is -0.293 e. The van der Waals surface area contributed by atoms with E-state index in [-0.39, 0.29) is 10.5 Å². The Kier molecular flexibility index (Phi) is 7.22. The quantitative estimate of drug-likeness (QED) is 0.447. The van der Waals surface area contributed by atoms with Crippen LogP contribution < -0.4 is 0 Å². The Balaban J connectivity index is 2.37. The van der Waals surface area contributed by atoms with E-state index < -0.39 is 0 Å². The first kappa shape index (κ1) is 16.3. The van der Waals surface area contributed by atoms with Gasteiger partial charge in [-0.1, -0.05) is 62.9 Å². The number of hydrogen-bond acceptors (Lipinski definition) is 2. The van der Waals surface area contributed by atoms with Gasteiger partial charge in [0.1, 0.15) is 0 Å². The first-order chi connectivity index (χ1) is 9.08. The van der Waals surface area contributed by atoms with E-state index in [1.807, 2.05) is 44.2 Å². The van der Waals surface area contributed by atoms with E-state index >= 15 is 0 Å². The van der Waals surface area contributed by atoms with Gasteiger partial charge in [-0.15, -0.1) is 11.8 Å². The summed E-state index contributed by atoms with van der Waals surface area (Å²) < 4.78 is -0.313. The Hall–Kier alpha value is -0.760. The molecule has 0 aromatic heterocycles. The Morgan fingerprint density at radius 1 is 1.05 bits per heavy atom. The van der Waals surface area contributed by atoms with Crippen LogP contribution in [0.4, 0.5) is 0 Å². The van der Waals surface area contributed by atoms with E-state index in [4.69, 9.17) is 0 Å². The maximum absolute atomic E-state index is 12.4. The number of benzene rings is 1. The number of carbonyl (C=O) groups is 1. The number of ketones is 1. The lowest BCUT2D eigenvalue weighted by Crippen LogP contribution is -2.28. The minimum absolute atomic E-state index is 0.242. The number of rotatable bonds is 9. The van der Waals surface area contributed by atoms with Crippen molar-refractivity contribution in [2.75, 3.05) is 5.75 Å². The van der Waals surface area contributed by atoms with Crippen LogP contribution >= 0.6 is 11.8 Å². The zero-order chi connectivity index (χ0) is 14.1. The third kappa shape index (κ3) is 5.82. The van der Waals surface area contributed by atoms with Crippen LogP contribution in [0.2, 0.25) is 0 Å². The molecule has 0 saturated heterocycles. The smallest absolute Gasteiger partial charge is 0.178 e. The summed E-state index contributed by atoms with van der Waals surface area (Å²) in [4.78, 5) is 12.4. The van der Waals surface area contributed by atoms with Gasteiger partial charge in [-0.25, -0.2) is 0 Å². The summed E-state index contributed by atoms with van der Waals surface area (Å²) in [6.45, 7) is 6.31. The molecular weight excluding hydrogens is 252 g/mol. The Labute approximate surface area is 122 Å². The molecule has 106 valence electrons. The molecule has 0 aliphatic rings. The second-order valence-electron chi connectivity index (χ2n) is 5.47. The number of Topliss-reactive ketones (excluding diaryl/α,β-unsaturated/α-hetero) is 1. The molecule has 0 unspecified atom stereocenters. The maximum Gasteiger partial charge on any atom is 0.178 e. The summed E-state index contributed by atoms with van der Waals surface area (Å²) >= 11 is 1.79. The van der Waals surface area contributed by atoms with Gasteiger partial charge in [0, 0.05) is 5.56 Å². The molecule has 0 aliphatic carbocycles. The zero-order valence-corrected chi connectivity index (χ0v) is 13.3. The van der Waals surface area contributed by atoms with Gasteiger partial charge in [-0.3, -0.25) is 4.79 Å². The first-order valence-corrected chi connectivity index (χ1v) is 8.30. The fourth-order valence-electron chi connectivity index (χ4n) is 2.04. The van der Waals surface area contributed by atoms with E-state index in [2.05, 4.69) is 6.92 Å². The third-order valence-electron chi connectivity index (χ3n) is 3.29. The molecule has 1 rings (SSSR count). The van der Waals surface area contributed by atoms with Crippen LogP contribution in [-0.2, 0) is 0 Å². The van der Waals surface area contributed by atoms with E-state index in [1.54, 1.807) is 11.8 Å². The monoisotopic (exact) mass is 278 g/mol. The lowest BCUT2D eigenvalue weighted by Gasteiger charge is -2.22. The SMILES string of the molecule is CCCCCCCSC(C)(C)C(=O)c1ccccc1. The van der Waals surface area contributed by atoms with Crippen molar-refractivity contribution in [2.24, 2.45) is 0 Å². The highest BCUT2D eigenvalue weighted by Gasteiger charge is 2.28. The normalized spacial score (nSPS) is 11.5. The van der Waals surface area contributed by atoms with Crippen molar-refractivity contribution in [3.05, 3.63) is 35.9 Å².